The van der Waals surface area contributed by atoms with Crippen molar-refractivity contribution in [2.75, 3.05) is 20.2 Å². The topological polar surface area (TPSA) is 38.3 Å². The van der Waals surface area contributed by atoms with E-state index in [1.807, 2.05) is 0 Å². The number of methoxy groups -OCH3 is 1. The van der Waals surface area contributed by atoms with Gasteiger partial charge in [-0.05, 0) is 31.3 Å². The van der Waals surface area contributed by atoms with Gasteiger partial charge in [-0.3, -0.25) is 4.79 Å². The predicted molar refractivity (Wildman–Crippen MR) is 67.7 cm³/mol. The molecule has 1 aliphatic carbocycles. The van der Waals surface area contributed by atoms with Crippen LogP contribution < -0.4 is 5.32 Å². The Morgan fingerprint density at radius 1 is 1.12 bits per heavy atom. The van der Waals surface area contributed by atoms with E-state index in [0.717, 1.165) is 25.4 Å². The lowest BCUT2D eigenvalue weighted by atomic mass is 9.74. The summed E-state index contributed by atoms with van der Waals surface area (Å²) in [5, 5.41) is 3.45. The summed E-state index contributed by atoms with van der Waals surface area (Å²) >= 11 is 0. The molecule has 3 heteroatoms. The normalized spacial score (nSPS) is 31.8. The van der Waals surface area contributed by atoms with Crippen LogP contribution in [0.5, 0.6) is 0 Å². The number of carbonyl (C=O) groups is 1. The molecule has 2 atom stereocenters. The van der Waals surface area contributed by atoms with Gasteiger partial charge >= 0.3 is 5.97 Å². The molecule has 0 aromatic carbocycles. The Hall–Kier alpha value is -0.570. The molecule has 1 aliphatic heterocycles. The molecule has 2 aliphatic rings. The minimum atomic E-state index is 0.0146. The Labute approximate surface area is 104 Å². The van der Waals surface area contributed by atoms with Crippen LogP contribution in [0.3, 0.4) is 0 Å². The van der Waals surface area contributed by atoms with Crippen molar-refractivity contribution in [1.82, 2.24) is 5.32 Å². The summed E-state index contributed by atoms with van der Waals surface area (Å²) in [5.41, 5.74) is 0. The van der Waals surface area contributed by atoms with Crippen LogP contribution >= 0.6 is 0 Å². The molecule has 1 N–H and O–H groups in total. The standard InChI is InChI=1S/C14H25NO2/c1-17-14(16)12-8-9-15-10-13(12)11-6-4-2-3-5-7-11/h11-13,15H,2-10H2,1H3. The van der Waals surface area contributed by atoms with E-state index in [1.165, 1.54) is 45.6 Å². The van der Waals surface area contributed by atoms with Crippen LogP contribution in [-0.2, 0) is 9.53 Å². The van der Waals surface area contributed by atoms with E-state index < -0.39 is 0 Å². The van der Waals surface area contributed by atoms with E-state index in [9.17, 15) is 4.79 Å². The number of esters is 1. The van der Waals surface area contributed by atoms with Crippen molar-refractivity contribution in [3.63, 3.8) is 0 Å². The molecule has 0 aromatic heterocycles. The molecule has 0 radical (unpaired) electrons. The molecule has 2 unspecified atom stereocenters. The lowest BCUT2D eigenvalue weighted by Crippen LogP contribution is -2.44. The van der Waals surface area contributed by atoms with Crippen molar-refractivity contribution in [3.8, 4) is 0 Å². The third kappa shape index (κ3) is 3.21. The van der Waals surface area contributed by atoms with Gasteiger partial charge in [0.15, 0.2) is 0 Å². The van der Waals surface area contributed by atoms with Crippen molar-refractivity contribution in [1.29, 1.82) is 0 Å². The molecule has 3 nitrogen and oxygen atoms in total. The third-order valence-electron chi connectivity index (χ3n) is 4.54. The van der Waals surface area contributed by atoms with Gasteiger partial charge in [-0.1, -0.05) is 38.5 Å². The van der Waals surface area contributed by atoms with E-state index in [-0.39, 0.29) is 11.9 Å². The summed E-state index contributed by atoms with van der Waals surface area (Å²) < 4.78 is 4.98. The smallest absolute Gasteiger partial charge is 0.309 e. The van der Waals surface area contributed by atoms with Gasteiger partial charge in [0.05, 0.1) is 13.0 Å². The van der Waals surface area contributed by atoms with E-state index in [2.05, 4.69) is 5.32 Å². The maximum absolute atomic E-state index is 11.9. The second kappa shape index (κ2) is 6.39. The zero-order valence-corrected chi connectivity index (χ0v) is 10.9. The van der Waals surface area contributed by atoms with E-state index in [1.54, 1.807) is 0 Å². The van der Waals surface area contributed by atoms with Crippen LogP contribution in [0.2, 0.25) is 0 Å². The zero-order chi connectivity index (χ0) is 12.1. The van der Waals surface area contributed by atoms with Gasteiger partial charge in [-0.25, -0.2) is 0 Å². The number of rotatable bonds is 2. The minimum Gasteiger partial charge on any atom is -0.469 e. The van der Waals surface area contributed by atoms with Crippen LogP contribution in [0.15, 0.2) is 0 Å². The van der Waals surface area contributed by atoms with Gasteiger partial charge in [0.2, 0.25) is 0 Å². The largest absolute Gasteiger partial charge is 0.469 e. The summed E-state index contributed by atoms with van der Waals surface area (Å²) in [4.78, 5) is 11.9. The zero-order valence-electron chi connectivity index (χ0n) is 10.9. The van der Waals surface area contributed by atoms with Gasteiger partial charge in [0.25, 0.3) is 0 Å². The van der Waals surface area contributed by atoms with Gasteiger partial charge in [0.1, 0.15) is 0 Å². The summed E-state index contributed by atoms with van der Waals surface area (Å²) in [7, 11) is 1.52. The highest BCUT2D eigenvalue weighted by molar-refractivity contribution is 5.72. The minimum absolute atomic E-state index is 0.0146. The Kier molecular flexibility index (Phi) is 4.84. The van der Waals surface area contributed by atoms with Gasteiger partial charge < -0.3 is 10.1 Å². The number of hydrogen-bond donors (Lipinski definition) is 1. The molecule has 1 saturated carbocycles. The van der Waals surface area contributed by atoms with Gasteiger partial charge in [-0.2, -0.15) is 0 Å². The lowest BCUT2D eigenvalue weighted by molar-refractivity contribution is -0.149. The fraction of sp³-hybridized carbons (Fsp3) is 0.929. The molecular weight excluding hydrogens is 214 g/mol. The highest BCUT2D eigenvalue weighted by Gasteiger charge is 2.36. The average Bonchev–Trinajstić information content (AvgIpc) is 2.66. The molecule has 17 heavy (non-hydrogen) atoms. The van der Waals surface area contributed by atoms with Crippen LogP contribution in [0.1, 0.15) is 44.9 Å². The maximum atomic E-state index is 11.9. The second-order valence-corrected chi connectivity index (χ2v) is 5.54. The first-order valence-corrected chi connectivity index (χ1v) is 7.11. The molecular formula is C14H25NO2. The number of carbonyl (C=O) groups excluding carboxylic acids is 1. The molecule has 0 amide bonds. The molecule has 1 saturated heterocycles. The van der Waals surface area contributed by atoms with Crippen molar-refractivity contribution in [3.05, 3.63) is 0 Å². The van der Waals surface area contributed by atoms with E-state index in [0.29, 0.717) is 5.92 Å². The summed E-state index contributed by atoms with van der Waals surface area (Å²) in [5.74, 6) is 1.40. The second-order valence-electron chi connectivity index (χ2n) is 5.54. The SMILES string of the molecule is COC(=O)C1CCNCC1C1CCCCCC1. The van der Waals surface area contributed by atoms with Gasteiger partial charge in [-0.15, -0.1) is 0 Å². The number of piperidine rings is 1. The highest BCUT2D eigenvalue weighted by atomic mass is 16.5. The Balaban J connectivity index is 2.01. The number of nitrogens with one attached hydrogen (secondary N) is 1. The molecule has 1 heterocycles. The summed E-state index contributed by atoms with van der Waals surface area (Å²) in [6, 6.07) is 0. The lowest BCUT2D eigenvalue weighted by Gasteiger charge is -2.35. The molecule has 98 valence electrons. The Morgan fingerprint density at radius 2 is 1.82 bits per heavy atom. The molecule has 2 rings (SSSR count). The van der Waals surface area contributed by atoms with Crippen LogP contribution in [0, 0.1) is 17.8 Å². The summed E-state index contributed by atoms with van der Waals surface area (Å²) in [6.07, 6.45) is 9.00. The van der Waals surface area contributed by atoms with Crippen LogP contribution in [0.4, 0.5) is 0 Å². The summed E-state index contributed by atoms with van der Waals surface area (Å²) in [6.45, 7) is 1.97. The first-order valence-electron chi connectivity index (χ1n) is 7.11. The molecule has 0 aromatic rings. The monoisotopic (exact) mass is 239 g/mol. The predicted octanol–water partition coefficient (Wildman–Crippen LogP) is 2.36. The van der Waals surface area contributed by atoms with Crippen molar-refractivity contribution < 1.29 is 9.53 Å². The highest BCUT2D eigenvalue weighted by Crippen LogP contribution is 2.35. The molecule has 0 bridgehead atoms. The molecule has 0 spiro atoms. The van der Waals surface area contributed by atoms with Crippen molar-refractivity contribution >= 4 is 5.97 Å². The quantitative estimate of drug-likeness (QED) is 0.594. The first kappa shape index (κ1) is 12.9. The van der Waals surface area contributed by atoms with Crippen LogP contribution in [-0.4, -0.2) is 26.2 Å². The third-order valence-corrected chi connectivity index (χ3v) is 4.54. The molecule has 2 fully saturated rings. The Morgan fingerprint density at radius 3 is 2.47 bits per heavy atom. The van der Waals surface area contributed by atoms with E-state index in [4.69, 9.17) is 4.74 Å². The Bertz CT molecular complexity index is 247. The van der Waals surface area contributed by atoms with Crippen molar-refractivity contribution in [2.45, 2.75) is 44.9 Å². The van der Waals surface area contributed by atoms with Gasteiger partial charge in [0, 0.05) is 0 Å². The first-order chi connectivity index (χ1) is 8.33. The van der Waals surface area contributed by atoms with E-state index >= 15 is 0 Å². The average molecular weight is 239 g/mol. The number of hydrogen-bond acceptors (Lipinski definition) is 3. The number of ether oxygens (including phenoxy) is 1. The van der Waals surface area contributed by atoms with Crippen molar-refractivity contribution in [2.24, 2.45) is 17.8 Å². The fourth-order valence-corrected chi connectivity index (χ4v) is 3.56. The maximum Gasteiger partial charge on any atom is 0.309 e. The fourth-order valence-electron chi connectivity index (χ4n) is 3.56. The van der Waals surface area contributed by atoms with Crippen LogP contribution in [0.25, 0.3) is 0 Å².